The van der Waals surface area contributed by atoms with Crippen molar-refractivity contribution in [3.8, 4) is 11.5 Å². The van der Waals surface area contributed by atoms with Crippen molar-refractivity contribution in [1.82, 2.24) is 20.2 Å². The Morgan fingerprint density at radius 1 is 1.52 bits per heavy atom. The summed E-state index contributed by atoms with van der Waals surface area (Å²) in [4.78, 5) is 20.4. The highest BCUT2D eigenvalue weighted by atomic mass is 16.5. The highest BCUT2D eigenvalue weighted by Crippen LogP contribution is 2.13. The largest absolute Gasteiger partial charge is 0.365 e. The molecular formula is C14H17N5O2. The number of carbonyl (C=O) groups is 1. The summed E-state index contributed by atoms with van der Waals surface area (Å²) in [6.07, 6.45) is 0.972. The molecule has 1 amide bonds. The van der Waals surface area contributed by atoms with E-state index in [1.807, 2.05) is 25.1 Å². The van der Waals surface area contributed by atoms with Gasteiger partial charge in [-0.15, -0.1) is 11.7 Å². The van der Waals surface area contributed by atoms with E-state index in [9.17, 15) is 4.79 Å². The van der Waals surface area contributed by atoms with Crippen LogP contribution in [0.1, 0.15) is 12.6 Å². The molecule has 0 spiro atoms. The maximum absolute atomic E-state index is 11.8. The first kappa shape index (κ1) is 14.9. The summed E-state index contributed by atoms with van der Waals surface area (Å²) in [6.45, 7) is 7.37. The number of rotatable bonds is 6. The summed E-state index contributed by atoms with van der Waals surface area (Å²) >= 11 is 0. The average Bonchev–Trinajstić information content (AvgIpc) is 2.93. The molecule has 7 nitrogen and oxygen atoms in total. The van der Waals surface area contributed by atoms with Gasteiger partial charge in [0, 0.05) is 5.69 Å². The lowest BCUT2D eigenvalue weighted by molar-refractivity contribution is -0.125. The van der Waals surface area contributed by atoms with Gasteiger partial charge in [0.2, 0.25) is 5.95 Å². The van der Waals surface area contributed by atoms with Crippen molar-refractivity contribution >= 4 is 11.9 Å². The van der Waals surface area contributed by atoms with Crippen LogP contribution in [0.25, 0.3) is 11.5 Å². The van der Waals surface area contributed by atoms with E-state index in [0.717, 1.165) is 5.69 Å². The van der Waals surface area contributed by atoms with Gasteiger partial charge in [0.1, 0.15) is 11.8 Å². The topological polar surface area (TPSA) is 92.8 Å². The van der Waals surface area contributed by atoms with Crippen LogP contribution in [0.4, 0.5) is 5.95 Å². The maximum Gasteiger partial charge on any atom is 0.255 e. The SMILES string of the molecule is C=CCOC(C)C(=O)Nc1n[nH]c(-c2cccc(C)n2)n1. The molecule has 2 aromatic heterocycles. The third-order valence-corrected chi connectivity index (χ3v) is 2.68. The van der Waals surface area contributed by atoms with Crippen LogP contribution in [-0.2, 0) is 9.53 Å². The van der Waals surface area contributed by atoms with Crippen molar-refractivity contribution in [3.05, 3.63) is 36.5 Å². The third-order valence-electron chi connectivity index (χ3n) is 2.68. The molecule has 110 valence electrons. The normalized spacial score (nSPS) is 11.9. The smallest absolute Gasteiger partial charge is 0.255 e. The van der Waals surface area contributed by atoms with Gasteiger partial charge in [0.25, 0.3) is 5.91 Å². The summed E-state index contributed by atoms with van der Waals surface area (Å²) in [5.41, 5.74) is 1.54. The molecule has 0 aliphatic heterocycles. The summed E-state index contributed by atoms with van der Waals surface area (Å²) in [5, 5.41) is 9.26. The molecule has 21 heavy (non-hydrogen) atoms. The van der Waals surface area contributed by atoms with Crippen LogP contribution in [0.5, 0.6) is 0 Å². The number of hydrogen-bond acceptors (Lipinski definition) is 5. The summed E-state index contributed by atoms with van der Waals surface area (Å²) in [6, 6.07) is 5.58. The number of pyridine rings is 1. The van der Waals surface area contributed by atoms with Crippen molar-refractivity contribution in [3.63, 3.8) is 0 Å². The third kappa shape index (κ3) is 3.96. The van der Waals surface area contributed by atoms with Gasteiger partial charge >= 0.3 is 0 Å². The Morgan fingerprint density at radius 2 is 2.33 bits per heavy atom. The highest BCUT2D eigenvalue weighted by molar-refractivity contribution is 5.92. The zero-order chi connectivity index (χ0) is 15.2. The fraction of sp³-hybridized carbons (Fsp3) is 0.286. The van der Waals surface area contributed by atoms with Crippen LogP contribution >= 0.6 is 0 Å². The van der Waals surface area contributed by atoms with Gasteiger partial charge in [-0.1, -0.05) is 12.1 Å². The van der Waals surface area contributed by atoms with Crippen molar-refractivity contribution in [2.75, 3.05) is 11.9 Å². The molecule has 0 saturated heterocycles. The monoisotopic (exact) mass is 287 g/mol. The van der Waals surface area contributed by atoms with Gasteiger partial charge in [-0.05, 0) is 26.0 Å². The van der Waals surface area contributed by atoms with E-state index in [2.05, 4.69) is 32.1 Å². The molecule has 0 aliphatic rings. The second kappa shape index (κ2) is 6.76. The first-order chi connectivity index (χ1) is 10.1. The van der Waals surface area contributed by atoms with Gasteiger partial charge in [0.15, 0.2) is 5.82 Å². The van der Waals surface area contributed by atoms with E-state index < -0.39 is 6.10 Å². The molecule has 2 aromatic rings. The lowest BCUT2D eigenvalue weighted by Gasteiger charge is -2.09. The highest BCUT2D eigenvalue weighted by Gasteiger charge is 2.15. The lowest BCUT2D eigenvalue weighted by atomic mass is 10.3. The maximum atomic E-state index is 11.8. The van der Waals surface area contributed by atoms with Crippen LogP contribution in [-0.4, -0.2) is 38.8 Å². The summed E-state index contributed by atoms with van der Waals surface area (Å²) in [5.74, 6) is 0.362. The lowest BCUT2D eigenvalue weighted by Crippen LogP contribution is -2.28. The van der Waals surface area contributed by atoms with Gasteiger partial charge in [-0.25, -0.2) is 4.98 Å². The molecule has 0 aliphatic carbocycles. The van der Waals surface area contributed by atoms with Crippen molar-refractivity contribution in [2.24, 2.45) is 0 Å². The van der Waals surface area contributed by atoms with E-state index in [1.165, 1.54) is 0 Å². The van der Waals surface area contributed by atoms with Crippen LogP contribution < -0.4 is 5.32 Å². The number of amides is 1. The number of aryl methyl sites for hydroxylation is 1. The molecule has 1 unspecified atom stereocenters. The minimum Gasteiger partial charge on any atom is -0.365 e. The average molecular weight is 287 g/mol. The predicted molar refractivity (Wildman–Crippen MR) is 78.6 cm³/mol. The molecule has 2 rings (SSSR count). The minimum atomic E-state index is -0.609. The molecule has 2 N–H and O–H groups in total. The van der Waals surface area contributed by atoms with Gasteiger partial charge in [0.05, 0.1) is 6.61 Å². The van der Waals surface area contributed by atoms with Gasteiger partial charge in [-0.3, -0.25) is 15.2 Å². The number of anilines is 1. The second-order valence-corrected chi connectivity index (χ2v) is 4.43. The van der Waals surface area contributed by atoms with Gasteiger partial charge in [-0.2, -0.15) is 4.98 Å². The molecule has 0 fully saturated rings. The van der Waals surface area contributed by atoms with Crippen molar-refractivity contribution in [1.29, 1.82) is 0 Å². The molecule has 2 heterocycles. The quantitative estimate of drug-likeness (QED) is 0.789. The predicted octanol–water partition coefficient (Wildman–Crippen LogP) is 1.70. The van der Waals surface area contributed by atoms with Crippen LogP contribution in [0.3, 0.4) is 0 Å². The Kier molecular flexibility index (Phi) is 4.78. The van der Waals surface area contributed by atoms with E-state index in [1.54, 1.807) is 13.0 Å². The number of aromatic nitrogens is 4. The summed E-state index contributed by atoms with van der Waals surface area (Å²) in [7, 11) is 0. The number of nitrogens with zero attached hydrogens (tertiary/aromatic N) is 3. The van der Waals surface area contributed by atoms with Crippen LogP contribution in [0.2, 0.25) is 0 Å². The number of aromatic amines is 1. The van der Waals surface area contributed by atoms with E-state index in [-0.39, 0.29) is 11.9 Å². The zero-order valence-corrected chi connectivity index (χ0v) is 12.0. The first-order valence-corrected chi connectivity index (χ1v) is 6.50. The Bertz CT molecular complexity index is 638. The fourth-order valence-corrected chi connectivity index (χ4v) is 1.61. The fourth-order valence-electron chi connectivity index (χ4n) is 1.61. The minimum absolute atomic E-state index is 0.187. The second-order valence-electron chi connectivity index (χ2n) is 4.43. The van der Waals surface area contributed by atoms with Crippen LogP contribution in [0, 0.1) is 6.92 Å². The van der Waals surface area contributed by atoms with Crippen LogP contribution in [0.15, 0.2) is 30.9 Å². The Hall–Kier alpha value is -2.54. The molecule has 0 bridgehead atoms. The molecule has 0 aromatic carbocycles. The number of H-pyrrole nitrogens is 1. The molecule has 0 radical (unpaired) electrons. The van der Waals surface area contributed by atoms with E-state index in [0.29, 0.717) is 18.1 Å². The van der Waals surface area contributed by atoms with Crippen molar-refractivity contribution in [2.45, 2.75) is 20.0 Å². The standard InChI is InChI=1S/C14H17N5O2/c1-4-8-21-10(3)13(20)17-14-16-12(18-19-14)11-7-5-6-9(2)15-11/h4-7,10H,1,8H2,2-3H3,(H2,16,17,18,19,20). The van der Waals surface area contributed by atoms with E-state index in [4.69, 9.17) is 4.74 Å². The molecule has 1 atom stereocenters. The molecule has 0 saturated carbocycles. The first-order valence-electron chi connectivity index (χ1n) is 6.50. The number of carbonyl (C=O) groups excluding carboxylic acids is 1. The zero-order valence-electron chi connectivity index (χ0n) is 12.0. The Balaban J connectivity index is 2.03. The molecule has 7 heteroatoms. The number of nitrogens with one attached hydrogen (secondary N) is 2. The summed E-state index contributed by atoms with van der Waals surface area (Å²) < 4.78 is 5.22. The Morgan fingerprint density at radius 3 is 3.05 bits per heavy atom. The van der Waals surface area contributed by atoms with Gasteiger partial charge < -0.3 is 4.74 Å². The number of ether oxygens (including phenoxy) is 1. The molecular weight excluding hydrogens is 270 g/mol. The van der Waals surface area contributed by atoms with Crippen molar-refractivity contribution < 1.29 is 9.53 Å². The Labute approximate surface area is 122 Å². The van der Waals surface area contributed by atoms with E-state index >= 15 is 0 Å². The number of hydrogen-bond donors (Lipinski definition) is 2.